The summed E-state index contributed by atoms with van der Waals surface area (Å²) in [7, 11) is 6.38. The zero-order chi connectivity index (χ0) is 13.3. The first-order valence-electron chi connectivity index (χ1n) is 6.62. The fourth-order valence-corrected chi connectivity index (χ4v) is 3.32. The van der Waals surface area contributed by atoms with Gasteiger partial charge in [0.15, 0.2) is 0 Å². The maximum Gasteiger partial charge on any atom is 0.0767 e. The number of aryl methyl sites for hydroxylation is 2. The van der Waals surface area contributed by atoms with E-state index >= 15 is 0 Å². The minimum absolute atomic E-state index is 0.697. The van der Waals surface area contributed by atoms with Crippen molar-refractivity contribution in [3.05, 3.63) is 15.9 Å². The molecule has 2 rings (SSSR count). The van der Waals surface area contributed by atoms with Crippen molar-refractivity contribution in [1.29, 1.82) is 0 Å². The fourth-order valence-electron chi connectivity index (χ4n) is 2.58. The predicted molar refractivity (Wildman–Crippen MR) is 77.7 cm³/mol. The molecule has 1 atom stereocenters. The van der Waals surface area contributed by atoms with E-state index in [2.05, 4.69) is 51.8 Å². The molecule has 1 aliphatic rings. The van der Waals surface area contributed by atoms with Gasteiger partial charge in [0.2, 0.25) is 0 Å². The Labute approximate surface area is 118 Å². The molecule has 1 unspecified atom stereocenters. The van der Waals surface area contributed by atoms with Crippen LogP contribution in [0.1, 0.15) is 24.7 Å². The van der Waals surface area contributed by atoms with E-state index in [1.807, 2.05) is 11.7 Å². The van der Waals surface area contributed by atoms with E-state index in [1.165, 1.54) is 23.1 Å². The topological polar surface area (TPSA) is 24.3 Å². The van der Waals surface area contributed by atoms with Gasteiger partial charge in [-0.1, -0.05) is 6.92 Å². The Kier molecular flexibility index (Phi) is 4.45. The molecule has 18 heavy (non-hydrogen) atoms. The third kappa shape index (κ3) is 2.78. The summed E-state index contributed by atoms with van der Waals surface area (Å²) in [5.41, 5.74) is 2.46. The van der Waals surface area contributed by atoms with Crippen LogP contribution >= 0.6 is 15.9 Å². The van der Waals surface area contributed by atoms with Crippen LogP contribution in [0.2, 0.25) is 0 Å². The SMILES string of the molecule is CCc1nn(C)c(CN2CCC(N(C)C)C2)c1Br. The molecule has 0 aromatic carbocycles. The van der Waals surface area contributed by atoms with Gasteiger partial charge in [0.05, 0.1) is 15.9 Å². The molecule has 102 valence electrons. The Balaban J connectivity index is 2.05. The second-order valence-electron chi connectivity index (χ2n) is 5.33. The van der Waals surface area contributed by atoms with E-state index in [0.717, 1.165) is 25.2 Å². The van der Waals surface area contributed by atoms with Crippen molar-refractivity contribution in [3.8, 4) is 0 Å². The molecule has 1 fully saturated rings. The van der Waals surface area contributed by atoms with Crippen LogP contribution in [-0.4, -0.2) is 52.8 Å². The highest BCUT2D eigenvalue weighted by molar-refractivity contribution is 9.10. The van der Waals surface area contributed by atoms with Gasteiger partial charge in [0.1, 0.15) is 0 Å². The molecule has 4 nitrogen and oxygen atoms in total. The molecular formula is C13H23BrN4. The standard InChI is InChI=1S/C13H23BrN4/c1-5-11-13(14)12(17(4)15-11)9-18-7-6-10(8-18)16(2)3/h10H,5-9H2,1-4H3. The zero-order valence-corrected chi connectivity index (χ0v) is 13.4. The quantitative estimate of drug-likeness (QED) is 0.848. The number of likely N-dealkylation sites (N-methyl/N-ethyl adjacent to an activating group) is 1. The molecular weight excluding hydrogens is 292 g/mol. The minimum atomic E-state index is 0.697. The van der Waals surface area contributed by atoms with E-state index in [4.69, 9.17) is 0 Å². The van der Waals surface area contributed by atoms with E-state index in [9.17, 15) is 0 Å². The second kappa shape index (κ2) is 5.72. The summed E-state index contributed by atoms with van der Waals surface area (Å²) in [5.74, 6) is 0. The number of halogens is 1. The van der Waals surface area contributed by atoms with Crippen LogP contribution in [-0.2, 0) is 20.0 Å². The third-order valence-corrected chi connectivity index (χ3v) is 4.77. The largest absolute Gasteiger partial charge is 0.305 e. The van der Waals surface area contributed by atoms with Crippen molar-refractivity contribution in [2.75, 3.05) is 27.2 Å². The highest BCUT2D eigenvalue weighted by Crippen LogP contribution is 2.24. The summed E-state index contributed by atoms with van der Waals surface area (Å²) < 4.78 is 3.21. The average Bonchev–Trinajstić information content (AvgIpc) is 2.89. The van der Waals surface area contributed by atoms with Crippen molar-refractivity contribution in [3.63, 3.8) is 0 Å². The molecule has 0 bridgehead atoms. The maximum absolute atomic E-state index is 4.56. The van der Waals surface area contributed by atoms with Gasteiger partial charge in [-0.15, -0.1) is 0 Å². The van der Waals surface area contributed by atoms with Crippen molar-refractivity contribution in [1.82, 2.24) is 19.6 Å². The Bertz CT molecular complexity index is 413. The fraction of sp³-hybridized carbons (Fsp3) is 0.769. The molecule has 0 aliphatic carbocycles. The van der Waals surface area contributed by atoms with Gasteiger partial charge in [-0.3, -0.25) is 9.58 Å². The average molecular weight is 315 g/mol. The Hall–Kier alpha value is -0.390. The second-order valence-corrected chi connectivity index (χ2v) is 6.12. The van der Waals surface area contributed by atoms with Crippen LogP contribution in [0.25, 0.3) is 0 Å². The summed E-state index contributed by atoms with van der Waals surface area (Å²) in [6, 6.07) is 0.697. The molecule has 0 N–H and O–H groups in total. The van der Waals surface area contributed by atoms with Crippen molar-refractivity contribution in [2.24, 2.45) is 7.05 Å². The molecule has 0 amide bonds. The predicted octanol–water partition coefficient (Wildman–Crippen LogP) is 1.88. The lowest BCUT2D eigenvalue weighted by atomic mass is 10.2. The summed E-state index contributed by atoms with van der Waals surface area (Å²) in [6.07, 6.45) is 2.25. The van der Waals surface area contributed by atoms with Crippen molar-refractivity contribution < 1.29 is 0 Å². The van der Waals surface area contributed by atoms with Crippen LogP contribution < -0.4 is 0 Å². The lowest BCUT2D eigenvalue weighted by Crippen LogP contribution is -2.31. The molecule has 0 saturated carbocycles. The van der Waals surface area contributed by atoms with E-state index < -0.39 is 0 Å². The summed E-state index contributed by atoms with van der Waals surface area (Å²) in [6.45, 7) is 5.48. The third-order valence-electron chi connectivity index (χ3n) is 3.85. The number of rotatable bonds is 4. The first kappa shape index (κ1) is 14.0. The highest BCUT2D eigenvalue weighted by atomic mass is 79.9. The first-order valence-corrected chi connectivity index (χ1v) is 7.41. The molecule has 0 spiro atoms. The molecule has 1 aromatic heterocycles. The number of hydrogen-bond acceptors (Lipinski definition) is 3. The molecule has 1 aliphatic heterocycles. The van der Waals surface area contributed by atoms with E-state index in [1.54, 1.807) is 0 Å². The molecule has 1 aromatic rings. The zero-order valence-electron chi connectivity index (χ0n) is 11.8. The number of nitrogens with zero attached hydrogens (tertiary/aromatic N) is 4. The van der Waals surface area contributed by atoms with Crippen molar-refractivity contribution in [2.45, 2.75) is 32.4 Å². The lowest BCUT2D eigenvalue weighted by molar-refractivity contribution is 0.261. The highest BCUT2D eigenvalue weighted by Gasteiger charge is 2.25. The van der Waals surface area contributed by atoms with Gasteiger partial charge in [-0.25, -0.2) is 0 Å². The van der Waals surface area contributed by atoms with Gasteiger partial charge in [0.25, 0.3) is 0 Å². The van der Waals surface area contributed by atoms with E-state index in [-0.39, 0.29) is 0 Å². The van der Waals surface area contributed by atoms with Crippen LogP contribution in [0.15, 0.2) is 4.47 Å². The van der Waals surface area contributed by atoms with Crippen molar-refractivity contribution >= 4 is 15.9 Å². The van der Waals surface area contributed by atoms with Gasteiger partial charge in [0, 0.05) is 32.7 Å². The Morgan fingerprint density at radius 2 is 2.17 bits per heavy atom. The smallest absolute Gasteiger partial charge is 0.0767 e. The van der Waals surface area contributed by atoms with Crippen LogP contribution in [0.5, 0.6) is 0 Å². The van der Waals surface area contributed by atoms with Gasteiger partial charge < -0.3 is 4.90 Å². The molecule has 2 heterocycles. The molecule has 1 saturated heterocycles. The summed E-state index contributed by atoms with van der Waals surface area (Å²) in [4.78, 5) is 4.85. The van der Waals surface area contributed by atoms with Crippen LogP contribution in [0, 0.1) is 0 Å². The van der Waals surface area contributed by atoms with E-state index in [0.29, 0.717) is 6.04 Å². The molecule has 0 radical (unpaired) electrons. The number of aromatic nitrogens is 2. The van der Waals surface area contributed by atoms with Crippen LogP contribution in [0.3, 0.4) is 0 Å². The normalized spacial score (nSPS) is 21.1. The van der Waals surface area contributed by atoms with Gasteiger partial charge in [-0.05, 0) is 42.9 Å². The summed E-state index contributed by atoms with van der Waals surface area (Å²) in [5, 5.41) is 4.56. The maximum atomic E-state index is 4.56. The summed E-state index contributed by atoms with van der Waals surface area (Å²) >= 11 is 3.69. The van der Waals surface area contributed by atoms with Gasteiger partial charge >= 0.3 is 0 Å². The monoisotopic (exact) mass is 314 g/mol. The first-order chi connectivity index (χ1) is 8.52. The molecule has 5 heteroatoms. The minimum Gasteiger partial charge on any atom is -0.305 e. The van der Waals surface area contributed by atoms with Crippen LogP contribution in [0.4, 0.5) is 0 Å². The number of likely N-dealkylation sites (tertiary alicyclic amines) is 1. The van der Waals surface area contributed by atoms with Gasteiger partial charge in [-0.2, -0.15) is 5.10 Å². The Morgan fingerprint density at radius 1 is 1.44 bits per heavy atom. The number of hydrogen-bond donors (Lipinski definition) is 0. The Morgan fingerprint density at radius 3 is 2.67 bits per heavy atom. The lowest BCUT2D eigenvalue weighted by Gasteiger charge is -2.20.